The Hall–Kier alpha value is -0.160. The third-order valence-corrected chi connectivity index (χ3v) is 4.04. The molecule has 17 heavy (non-hydrogen) atoms. The highest BCUT2D eigenvalue weighted by Gasteiger charge is 2.26. The molecule has 4 heteroatoms. The van der Waals surface area contributed by atoms with E-state index in [4.69, 9.17) is 9.84 Å². The van der Waals surface area contributed by atoms with Gasteiger partial charge in [-0.25, -0.2) is 0 Å². The van der Waals surface area contributed by atoms with Gasteiger partial charge in [0.25, 0.3) is 0 Å². The molecule has 0 bridgehead atoms. The van der Waals surface area contributed by atoms with Gasteiger partial charge >= 0.3 is 0 Å². The minimum Gasteiger partial charge on any atom is -0.396 e. The molecule has 0 saturated carbocycles. The molecule has 2 aliphatic rings. The van der Waals surface area contributed by atoms with Crippen molar-refractivity contribution in [3.05, 3.63) is 0 Å². The Morgan fingerprint density at radius 3 is 2.88 bits per heavy atom. The zero-order chi connectivity index (χ0) is 12.1. The second-order valence-electron chi connectivity index (χ2n) is 5.31. The molecule has 0 aromatic heterocycles. The molecule has 1 N–H and O–H groups in total. The molecule has 2 atom stereocenters. The third-order valence-electron chi connectivity index (χ3n) is 4.04. The summed E-state index contributed by atoms with van der Waals surface area (Å²) in [6.45, 7) is 10.1. The van der Waals surface area contributed by atoms with E-state index in [0.717, 1.165) is 45.8 Å². The van der Waals surface area contributed by atoms with Crippen LogP contribution in [0, 0.1) is 5.92 Å². The van der Waals surface area contributed by atoms with Gasteiger partial charge in [-0.15, -0.1) is 0 Å². The van der Waals surface area contributed by atoms with Crippen molar-refractivity contribution in [2.45, 2.75) is 25.9 Å². The first kappa shape index (κ1) is 13.3. The summed E-state index contributed by atoms with van der Waals surface area (Å²) in [5, 5.41) is 8.95. The molecule has 4 nitrogen and oxygen atoms in total. The number of nitrogens with zero attached hydrogens (tertiary/aromatic N) is 2. The maximum Gasteiger partial charge on any atom is 0.0829 e. The van der Waals surface area contributed by atoms with Gasteiger partial charge in [-0.1, -0.05) is 6.92 Å². The molecule has 0 radical (unpaired) electrons. The quantitative estimate of drug-likeness (QED) is 0.757. The first-order chi connectivity index (χ1) is 8.31. The van der Waals surface area contributed by atoms with E-state index in [1.54, 1.807) is 0 Å². The molecule has 0 aliphatic carbocycles. The summed E-state index contributed by atoms with van der Waals surface area (Å²) in [6, 6.07) is 0. The molecular formula is C13H26N2O2. The van der Waals surface area contributed by atoms with Crippen LogP contribution in [0.1, 0.15) is 19.8 Å². The predicted octanol–water partition coefficient (Wildman–Crippen LogP) is 0.411. The van der Waals surface area contributed by atoms with Crippen LogP contribution in [0.5, 0.6) is 0 Å². The van der Waals surface area contributed by atoms with E-state index in [1.807, 2.05) is 0 Å². The van der Waals surface area contributed by atoms with Crippen molar-refractivity contribution in [2.24, 2.45) is 5.92 Å². The van der Waals surface area contributed by atoms with Gasteiger partial charge in [0.2, 0.25) is 0 Å². The van der Waals surface area contributed by atoms with Gasteiger partial charge < -0.3 is 14.7 Å². The Balaban J connectivity index is 1.70. The monoisotopic (exact) mass is 242 g/mol. The molecule has 2 fully saturated rings. The van der Waals surface area contributed by atoms with Crippen molar-refractivity contribution >= 4 is 0 Å². The van der Waals surface area contributed by atoms with E-state index in [1.165, 1.54) is 13.0 Å². The van der Waals surface area contributed by atoms with Crippen LogP contribution >= 0.6 is 0 Å². The molecule has 2 unspecified atom stereocenters. The maximum absolute atomic E-state index is 8.95. The number of likely N-dealkylation sites (N-methyl/N-ethyl adjacent to an activating group) is 1. The van der Waals surface area contributed by atoms with Crippen LogP contribution in [0.2, 0.25) is 0 Å². The fraction of sp³-hybridized carbons (Fsp3) is 1.00. The highest BCUT2D eigenvalue weighted by Crippen LogP contribution is 2.20. The molecule has 0 amide bonds. The van der Waals surface area contributed by atoms with Gasteiger partial charge in [-0.3, -0.25) is 4.90 Å². The fourth-order valence-corrected chi connectivity index (χ4v) is 2.96. The van der Waals surface area contributed by atoms with E-state index < -0.39 is 0 Å². The Morgan fingerprint density at radius 2 is 2.12 bits per heavy atom. The molecule has 0 aromatic rings. The third kappa shape index (κ3) is 3.91. The number of hydrogen-bond donors (Lipinski definition) is 1. The average molecular weight is 242 g/mol. The van der Waals surface area contributed by atoms with E-state index >= 15 is 0 Å². The van der Waals surface area contributed by atoms with Crippen LogP contribution in [-0.2, 0) is 4.74 Å². The largest absolute Gasteiger partial charge is 0.396 e. The summed E-state index contributed by atoms with van der Waals surface area (Å²) in [4.78, 5) is 4.97. The molecule has 0 aromatic carbocycles. The first-order valence-corrected chi connectivity index (χ1v) is 6.99. The summed E-state index contributed by atoms with van der Waals surface area (Å²) in [6.07, 6.45) is 2.59. The molecule has 100 valence electrons. The van der Waals surface area contributed by atoms with Crippen LogP contribution < -0.4 is 0 Å². The van der Waals surface area contributed by atoms with Crippen molar-refractivity contribution in [1.82, 2.24) is 9.80 Å². The SMILES string of the molecule is CCN1CCOC(CN2CCC(CCO)C2)C1. The lowest BCUT2D eigenvalue weighted by molar-refractivity contribution is -0.0396. The highest BCUT2D eigenvalue weighted by atomic mass is 16.5. The Morgan fingerprint density at radius 1 is 1.24 bits per heavy atom. The average Bonchev–Trinajstić information content (AvgIpc) is 2.77. The second-order valence-corrected chi connectivity index (χ2v) is 5.31. The normalized spacial score (nSPS) is 32.1. The van der Waals surface area contributed by atoms with Crippen LogP contribution in [0.25, 0.3) is 0 Å². The number of morpholine rings is 1. The number of ether oxygens (including phenoxy) is 1. The molecule has 2 saturated heterocycles. The minimum atomic E-state index is 0.335. The first-order valence-electron chi connectivity index (χ1n) is 6.99. The summed E-state index contributed by atoms with van der Waals surface area (Å²) < 4.78 is 5.83. The molecule has 2 rings (SSSR count). The topological polar surface area (TPSA) is 35.9 Å². The van der Waals surface area contributed by atoms with Gasteiger partial charge in [0.15, 0.2) is 0 Å². The van der Waals surface area contributed by atoms with Crippen molar-refractivity contribution < 1.29 is 9.84 Å². The Bertz CT molecular complexity index is 225. The van der Waals surface area contributed by atoms with Crippen LogP contribution in [-0.4, -0.2) is 73.5 Å². The predicted molar refractivity (Wildman–Crippen MR) is 68.1 cm³/mol. The van der Waals surface area contributed by atoms with Gasteiger partial charge in [-0.2, -0.15) is 0 Å². The second kappa shape index (κ2) is 6.69. The van der Waals surface area contributed by atoms with Crippen molar-refractivity contribution in [2.75, 3.05) is 52.5 Å². The molecule has 0 spiro atoms. The highest BCUT2D eigenvalue weighted by molar-refractivity contribution is 4.80. The smallest absolute Gasteiger partial charge is 0.0829 e. The molecule has 2 heterocycles. The van der Waals surface area contributed by atoms with Crippen LogP contribution in [0.3, 0.4) is 0 Å². The van der Waals surface area contributed by atoms with Crippen molar-refractivity contribution in [3.63, 3.8) is 0 Å². The zero-order valence-electron chi connectivity index (χ0n) is 11.0. The summed E-state index contributed by atoms with van der Waals surface area (Å²) in [5.41, 5.74) is 0. The number of hydrogen-bond acceptors (Lipinski definition) is 4. The molecule has 2 aliphatic heterocycles. The lowest BCUT2D eigenvalue weighted by Crippen LogP contribution is -2.47. The molecular weight excluding hydrogens is 216 g/mol. The van der Waals surface area contributed by atoms with Crippen molar-refractivity contribution in [1.29, 1.82) is 0 Å². The number of aliphatic hydroxyl groups is 1. The minimum absolute atomic E-state index is 0.335. The standard InChI is InChI=1S/C13H26N2O2/c1-2-14-6-8-17-13(10-14)11-15-5-3-12(9-15)4-7-16/h12-13,16H,2-11H2,1H3. The number of likely N-dealkylation sites (tertiary alicyclic amines) is 1. The van der Waals surface area contributed by atoms with E-state index in [0.29, 0.717) is 18.6 Å². The van der Waals surface area contributed by atoms with Crippen LogP contribution in [0.4, 0.5) is 0 Å². The van der Waals surface area contributed by atoms with E-state index in [9.17, 15) is 0 Å². The fourth-order valence-electron chi connectivity index (χ4n) is 2.96. The van der Waals surface area contributed by atoms with Gasteiger partial charge in [-0.05, 0) is 31.8 Å². The number of aliphatic hydroxyl groups excluding tert-OH is 1. The van der Waals surface area contributed by atoms with Gasteiger partial charge in [0, 0.05) is 32.8 Å². The Kier molecular flexibility index (Phi) is 5.22. The van der Waals surface area contributed by atoms with Crippen LogP contribution in [0.15, 0.2) is 0 Å². The zero-order valence-corrected chi connectivity index (χ0v) is 11.0. The van der Waals surface area contributed by atoms with Gasteiger partial charge in [0.1, 0.15) is 0 Å². The lowest BCUT2D eigenvalue weighted by atomic mass is 10.1. The maximum atomic E-state index is 8.95. The summed E-state index contributed by atoms with van der Waals surface area (Å²) in [5.74, 6) is 0.700. The number of rotatable bonds is 5. The summed E-state index contributed by atoms with van der Waals surface area (Å²) in [7, 11) is 0. The lowest BCUT2D eigenvalue weighted by Gasteiger charge is -2.34. The Labute approximate surface area is 105 Å². The van der Waals surface area contributed by atoms with Gasteiger partial charge in [0.05, 0.1) is 12.7 Å². The van der Waals surface area contributed by atoms with Crippen molar-refractivity contribution in [3.8, 4) is 0 Å². The van der Waals surface area contributed by atoms with E-state index in [2.05, 4.69) is 16.7 Å². The summed E-state index contributed by atoms with van der Waals surface area (Å²) >= 11 is 0. The van der Waals surface area contributed by atoms with E-state index in [-0.39, 0.29) is 0 Å².